The lowest BCUT2D eigenvalue weighted by Crippen LogP contribution is -1.93. The molecule has 0 aromatic heterocycles. The third-order valence-corrected chi connectivity index (χ3v) is 5.08. The Morgan fingerprint density at radius 3 is 1.39 bits per heavy atom. The molecule has 28 heavy (non-hydrogen) atoms. The van der Waals surface area contributed by atoms with E-state index in [2.05, 4.69) is 31.9 Å². The average molecular weight is 496 g/mol. The van der Waals surface area contributed by atoms with Crippen LogP contribution < -0.4 is 0 Å². The van der Waals surface area contributed by atoms with E-state index in [0.717, 1.165) is 20.1 Å². The third kappa shape index (κ3) is 5.72. The van der Waals surface area contributed by atoms with Gasteiger partial charge in [-0.15, -0.1) is 0 Å². The number of hydrogen-bond donors (Lipinski definition) is 0. The topological polar surface area (TPSA) is 34.1 Å². The summed E-state index contributed by atoms with van der Waals surface area (Å²) in [5.41, 5.74) is 3.05. The van der Waals surface area contributed by atoms with Crippen molar-refractivity contribution in [3.63, 3.8) is 0 Å². The van der Waals surface area contributed by atoms with Crippen LogP contribution in [0.1, 0.15) is 31.8 Å². The molecule has 0 radical (unpaired) electrons. The zero-order chi connectivity index (χ0) is 19.9. The van der Waals surface area contributed by atoms with E-state index in [9.17, 15) is 9.59 Å². The van der Waals surface area contributed by atoms with Gasteiger partial charge in [0.1, 0.15) is 0 Å². The summed E-state index contributed by atoms with van der Waals surface area (Å²) < 4.78 is 1.87. The Kier molecular flexibility index (Phi) is 6.90. The number of ketones is 2. The number of carbonyl (C=O) groups excluding carboxylic acids is 2. The first-order valence-corrected chi connectivity index (χ1v) is 10.2. The highest BCUT2D eigenvalue weighted by Gasteiger charge is 2.02. The van der Waals surface area contributed by atoms with Crippen molar-refractivity contribution in [1.82, 2.24) is 0 Å². The summed E-state index contributed by atoms with van der Waals surface area (Å²) in [5.74, 6) is -0.113. The Balaban J connectivity index is 1.69. The summed E-state index contributed by atoms with van der Waals surface area (Å²) in [6.45, 7) is 0. The summed E-state index contributed by atoms with van der Waals surface area (Å²) in [7, 11) is 0. The molecule has 0 amide bonds. The molecule has 2 nitrogen and oxygen atoms in total. The molecule has 0 heterocycles. The highest BCUT2D eigenvalue weighted by atomic mass is 79.9. The normalized spacial score (nSPS) is 11.2. The minimum absolute atomic E-state index is 0.0566. The Morgan fingerprint density at radius 1 is 0.607 bits per heavy atom. The predicted molar refractivity (Wildman–Crippen MR) is 121 cm³/mol. The second-order valence-corrected chi connectivity index (χ2v) is 7.91. The Labute approximate surface area is 180 Å². The Morgan fingerprint density at radius 2 is 1.00 bits per heavy atom. The van der Waals surface area contributed by atoms with Gasteiger partial charge in [0, 0.05) is 20.1 Å². The standard InChI is InChI=1S/C24H16Br2O2/c25-21-10-6-19(7-11-21)23(27)14-4-17-2-1-3-18(16-17)5-15-24(28)20-8-12-22(26)13-9-20/h1-16H. The van der Waals surface area contributed by atoms with Crippen molar-refractivity contribution in [3.8, 4) is 0 Å². The Bertz CT molecular complexity index is 964. The monoisotopic (exact) mass is 494 g/mol. The van der Waals surface area contributed by atoms with E-state index < -0.39 is 0 Å². The zero-order valence-corrected chi connectivity index (χ0v) is 18.0. The lowest BCUT2D eigenvalue weighted by molar-refractivity contribution is 0.103. The fourth-order valence-corrected chi connectivity index (χ4v) is 3.06. The number of allylic oxidation sites excluding steroid dienone is 2. The molecule has 0 aliphatic heterocycles. The molecule has 0 atom stereocenters. The van der Waals surface area contributed by atoms with E-state index in [1.165, 1.54) is 0 Å². The van der Waals surface area contributed by atoms with Crippen LogP contribution in [-0.4, -0.2) is 11.6 Å². The van der Waals surface area contributed by atoms with Crippen molar-refractivity contribution < 1.29 is 9.59 Å². The molecule has 0 aliphatic carbocycles. The van der Waals surface area contributed by atoms with Crippen LogP contribution >= 0.6 is 31.9 Å². The summed E-state index contributed by atoms with van der Waals surface area (Å²) >= 11 is 6.72. The molecule has 4 heteroatoms. The van der Waals surface area contributed by atoms with Gasteiger partial charge in [-0.2, -0.15) is 0 Å². The van der Waals surface area contributed by atoms with Crippen molar-refractivity contribution in [2.45, 2.75) is 0 Å². The molecule has 3 aromatic rings. The highest BCUT2D eigenvalue weighted by molar-refractivity contribution is 9.10. The number of carbonyl (C=O) groups is 2. The van der Waals surface area contributed by atoms with Gasteiger partial charge >= 0.3 is 0 Å². The molecular formula is C24H16Br2O2. The maximum Gasteiger partial charge on any atom is 0.185 e. The van der Waals surface area contributed by atoms with Crippen molar-refractivity contribution in [2.75, 3.05) is 0 Å². The molecule has 3 aromatic carbocycles. The van der Waals surface area contributed by atoms with Gasteiger partial charge in [0.15, 0.2) is 11.6 Å². The van der Waals surface area contributed by atoms with Gasteiger partial charge in [-0.25, -0.2) is 0 Å². The highest BCUT2D eigenvalue weighted by Crippen LogP contribution is 2.14. The molecule has 0 spiro atoms. The fourth-order valence-electron chi connectivity index (χ4n) is 2.53. The van der Waals surface area contributed by atoms with Crippen LogP contribution in [0, 0.1) is 0 Å². The molecule has 0 unspecified atom stereocenters. The van der Waals surface area contributed by atoms with Gasteiger partial charge in [0.2, 0.25) is 0 Å². The number of halogens is 2. The summed E-state index contributed by atoms with van der Waals surface area (Å²) in [6, 6.07) is 22.1. The molecule has 0 bridgehead atoms. The minimum Gasteiger partial charge on any atom is -0.289 e. The second kappa shape index (κ2) is 9.58. The maximum atomic E-state index is 12.2. The zero-order valence-electron chi connectivity index (χ0n) is 14.8. The van der Waals surface area contributed by atoms with E-state index in [1.54, 1.807) is 48.6 Å². The number of hydrogen-bond acceptors (Lipinski definition) is 2. The van der Waals surface area contributed by atoms with Crippen molar-refractivity contribution in [1.29, 1.82) is 0 Å². The lowest BCUT2D eigenvalue weighted by Gasteiger charge is -1.99. The SMILES string of the molecule is O=C(C=Cc1cccc(C=CC(=O)c2ccc(Br)cc2)c1)c1ccc(Br)cc1. The first-order chi connectivity index (χ1) is 13.5. The van der Waals surface area contributed by atoms with Gasteiger partial charge < -0.3 is 0 Å². The predicted octanol–water partition coefficient (Wildman–Crippen LogP) is 7.00. The van der Waals surface area contributed by atoms with E-state index in [-0.39, 0.29) is 11.6 Å². The largest absolute Gasteiger partial charge is 0.289 e. The van der Waals surface area contributed by atoms with Crippen LogP contribution in [0.2, 0.25) is 0 Å². The van der Waals surface area contributed by atoms with Crippen LogP contribution in [0.4, 0.5) is 0 Å². The molecule has 0 saturated carbocycles. The molecular weight excluding hydrogens is 480 g/mol. The van der Waals surface area contributed by atoms with Crippen LogP contribution in [0.3, 0.4) is 0 Å². The van der Waals surface area contributed by atoms with E-state index in [0.29, 0.717) is 11.1 Å². The van der Waals surface area contributed by atoms with Crippen molar-refractivity contribution in [2.24, 2.45) is 0 Å². The van der Waals surface area contributed by atoms with Gasteiger partial charge in [-0.3, -0.25) is 9.59 Å². The van der Waals surface area contributed by atoms with Crippen molar-refractivity contribution >= 4 is 55.6 Å². The lowest BCUT2D eigenvalue weighted by atomic mass is 10.1. The van der Waals surface area contributed by atoms with E-state index >= 15 is 0 Å². The van der Waals surface area contributed by atoms with Crippen LogP contribution in [0.5, 0.6) is 0 Å². The van der Waals surface area contributed by atoms with Gasteiger partial charge in [-0.1, -0.05) is 62.2 Å². The molecule has 3 rings (SSSR count). The molecule has 0 N–H and O–H groups in total. The average Bonchev–Trinajstić information content (AvgIpc) is 2.71. The van der Waals surface area contributed by atoms with Crippen LogP contribution in [-0.2, 0) is 0 Å². The molecule has 0 saturated heterocycles. The van der Waals surface area contributed by atoms with Gasteiger partial charge in [0.25, 0.3) is 0 Å². The van der Waals surface area contributed by atoms with E-state index in [1.807, 2.05) is 48.5 Å². The first kappa shape index (κ1) is 20.2. The molecule has 138 valence electrons. The fraction of sp³-hybridized carbons (Fsp3) is 0. The maximum absolute atomic E-state index is 12.2. The number of benzene rings is 3. The molecule has 0 fully saturated rings. The summed E-state index contributed by atoms with van der Waals surface area (Å²) in [6.07, 6.45) is 6.66. The van der Waals surface area contributed by atoms with Gasteiger partial charge in [-0.05, 0) is 77.9 Å². The second-order valence-electron chi connectivity index (χ2n) is 6.08. The van der Waals surface area contributed by atoms with Crippen LogP contribution in [0.15, 0.2) is 93.9 Å². The van der Waals surface area contributed by atoms with Crippen LogP contribution in [0.25, 0.3) is 12.2 Å². The number of rotatable bonds is 6. The Hall–Kier alpha value is -2.56. The van der Waals surface area contributed by atoms with Gasteiger partial charge in [0.05, 0.1) is 0 Å². The summed E-state index contributed by atoms with van der Waals surface area (Å²) in [4.78, 5) is 24.5. The first-order valence-electron chi connectivity index (χ1n) is 8.57. The third-order valence-electron chi connectivity index (χ3n) is 4.02. The smallest absolute Gasteiger partial charge is 0.185 e. The minimum atomic E-state index is -0.0566. The van der Waals surface area contributed by atoms with E-state index in [4.69, 9.17) is 0 Å². The quantitative estimate of drug-likeness (QED) is 0.272. The summed E-state index contributed by atoms with van der Waals surface area (Å²) in [5, 5.41) is 0. The molecule has 0 aliphatic rings. The van der Waals surface area contributed by atoms with Crippen molar-refractivity contribution in [3.05, 3.63) is 116 Å².